The van der Waals surface area contributed by atoms with Crippen molar-refractivity contribution < 1.29 is 0 Å². The quantitative estimate of drug-likeness (QED) is 0.816. The molecule has 0 amide bonds. The molecule has 0 aliphatic rings. The molecule has 1 N–H and O–H groups in total. The second-order valence-corrected chi connectivity index (χ2v) is 3.51. The first-order valence-electron chi connectivity index (χ1n) is 4.46. The fourth-order valence-corrected chi connectivity index (χ4v) is 1.55. The van der Waals surface area contributed by atoms with Gasteiger partial charge in [-0.1, -0.05) is 23.7 Å². The Kier molecular flexibility index (Phi) is 2.71. The molecule has 1 heterocycles. The highest BCUT2D eigenvalue weighted by atomic mass is 35.5. The van der Waals surface area contributed by atoms with Crippen molar-refractivity contribution in [3.8, 4) is 17.3 Å². The van der Waals surface area contributed by atoms with Crippen molar-refractivity contribution in [2.24, 2.45) is 0 Å². The van der Waals surface area contributed by atoms with E-state index in [4.69, 9.17) is 16.9 Å². The molecular weight excluding hydrogens is 226 g/mol. The third kappa shape index (κ3) is 1.81. The number of aromatic nitrogens is 2. The summed E-state index contributed by atoms with van der Waals surface area (Å²) in [4.78, 5) is 17.7. The van der Waals surface area contributed by atoms with E-state index in [1.165, 1.54) is 6.33 Å². The topological polar surface area (TPSA) is 69.5 Å². The number of rotatable bonds is 1. The first kappa shape index (κ1) is 10.4. The molecule has 0 bridgehead atoms. The Morgan fingerprint density at radius 2 is 2.25 bits per heavy atom. The lowest BCUT2D eigenvalue weighted by atomic mass is 10.1. The van der Waals surface area contributed by atoms with E-state index in [-0.39, 0.29) is 5.56 Å². The summed E-state index contributed by atoms with van der Waals surface area (Å²) in [6, 6.07) is 8.68. The number of nitrogens with one attached hydrogen (secondary N) is 1. The van der Waals surface area contributed by atoms with Crippen LogP contribution in [0.2, 0.25) is 5.02 Å². The van der Waals surface area contributed by atoms with Gasteiger partial charge < -0.3 is 4.98 Å². The minimum atomic E-state index is -0.451. The Morgan fingerprint density at radius 3 is 2.94 bits per heavy atom. The summed E-state index contributed by atoms with van der Waals surface area (Å²) >= 11 is 5.83. The maximum absolute atomic E-state index is 11.4. The summed E-state index contributed by atoms with van der Waals surface area (Å²) in [5.41, 5.74) is 0.529. The van der Waals surface area contributed by atoms with Gasteiger partial charge in [0.15, 0.2) is 0 Å². The van der Waals surface area contributed by atoms with Gasteiger partial charge in [0.1, 0.15) is 11.6 Å². The average molecular weight is 232 g/mol. The third-order valence-electron chi connectivity index (χ3n) is 2.06. The lowest BCUT2D eigenvalue weighted by molar-refractivity contribution is 1.11. The average Bonchev–Trinajstić information content (AvgIpc) is 2.28. The minimum Gasteiger partial charge on any atom is -0.312 e. The smallest absolute Gasteiger partial charge is 0.269 e. The van der Waals surface area contributed by atoms with Crippen LogP contribution in [0.1, 0.15) is 5.56 Å². The standard InChI is InChI=1S/C11H6ClN3O/c12-8-3-1-2-7(4-8)10-9(5-13)11(16)15-6-14-10/h1-4,6H,(H,14,15,16). The Morgan fingerprint density at radius 1 is 1.44 bits per heavy atom. The zero-order valence-electron chi connectivity index (χ0n) is 8.07. The molecule has 5 heteroatoms. The first-order chi connectivity index (χ1) is 7.72. The molecule has 2 rings (SSSR count). The number of H-pyrrole nitrogens is 1. The molecule has 2 aromatic rings. The molecular formula is C11H6ClN3O. The SMILES string of the molecule is N#Cc1c(-c2cccc(Cl)c2)nc[nH]c1=O. The van der Waals surface area contributed by atoms with Gasteiger partial charge in [-0.2, -0.15) is 5.26 Å². The molecule has 0 atom stereocenters. The number of hydrogen-bond donors (Lipinski definition) is 1. The van der Waals surface area contributed by atoms with Gasteiger partial charge in [-0.25, -0.2) is 4.98 Å². The van der Waals surface area contributed by atoms with Gasteiger partial charge in [-0.05, 0) is 12.1 Å². The van der Waals surface area contributed by atoms with E-state index >= 15 is 0 Å². The fraction of sp³-hybridized carbons (Fsp3) is 0. The van der Waals surface area contributed by atoms with Crippen molar-refractivity contribution >= 4 is 11.6 Å². The monoisotopic (exact) mass is 231 g/mol. The summed E-state index contributed by atoms with van der Waals surface area (Å²) in [5.74, 6) is 0. The van der Waals surface area contributed by atoms with E-state index in [1.807, 2.05) is 6.07 Å². The van der Waals surface area contributed by atoms with Crippen LogP contribution >= 0.6 is 11.6 Å². The van der Waals surface area contributed by atoms with Crippen LogP contribution in [0, 0.1) is 11.3 Å². The van der Waals surface area contributed by atoms with Crippen molar-refractivity contribution in [2.45, 2.75) is 0 Å². The molecule has 78 valence electrons. The Labute approximate surface area is 96.2 Å². The molecule has 1 aromatic carbocycles. The van der Waals surface area contributed by atoms with Gasteiger partial charge in [0.2, 0.25) is 0 Å². The first-order valence-corrected chi connectivity index (χ1v) is 4.84. The van der Waals surface area contributed by atoms with Crippen LogP contribution in [0.4, 0.5) is 0 Å². The highest BCUT2D eigenvalue weighted by Gasteiger charge is 2.09. The van der Waals surface area contributed by atoms with E-state index in [0.29, 0.717) is 16.3 Å². The fourth-order valence-electron chi connectivity index (χ4n) is 1.36. The van der Waals surface area contributed by atoms with Gasteiger partial charge >= 0.3 is 0 Å². The Balaban J connectivity index is 2.71. The third-order valence-corrected chi connectivity index (χ3v) is 2.30. The number of benzene rings is 1. The van der Waals surface area contributed by atoms with Crippen molar-refractivity contribution in [2.75, 3.05) is 0 Å². The molecule has 0 fully saturated rings. The maximum Gasteiger partial charge on any atom is 0.269 e. The molecule has 0 saturated carbocycles. The molecule has 0 aliphatic carbocycles. The van der Waals surface area contributed by atoms with Crippen molar-refractivity contribution in [3.05, 3.63) is 51.5 Å². The van der Waals surface area contributed by atoms with Crippen LogP contribution in [0.25, 0.3) is 11.3 Å². The molecule has 0 radical (unpaired) electrons. The second kappa shape index (κ2) is 4.17. The van der Waals surface area contributed by atoms with Crippen molar-refractivity contribution in [1.82, 2.24) is 9.97 Å². The van der Waals surface area contributed by atoms with Gasteiger partial charge in [-0.3, -0.25) is 4.79 Å². The molecule has 0 spiro atoms. The summed E-state index contributed by atoms with van der Waals surface area (Å²) in [6.07, 6.45) is 1.26. The Bertz CT molecular complexity index is 628. The molecule has 4 nitrogen and oxygen atoms in total. The second-order valence-electron chi connectivity index (χ2n) is 3.08. The van der Waals surface area contributed by atoms with Crippen LogP contribution < -0.4 is 5.56 Å². The Hall–Kier alpha value is -2.12. The molecule has 0 aliphatic heterocycles. The van der Waals surface area contributed by atoms with Gasteiger partial charge in [0.05, 0.1) is 12.0 Å². The highest BCUT2D eigenvalue weighted by molar-refractivity contribution is 6.30. The maximum atomic E-state index is 11.4. The van der Waals surface area contributed by atoms with Crippen LogP contribution in [0.15, 0.2) is 35.4 Å². The number of nitrogens with zero attached hydrogens (tertiary/aromatic N) is 2. The van der Waals surface area contributed by atoms with Crippen molar-refractivity contribution in [1.29, 1.82) is 5.26 Å². The summed E-state index contributed by atoms with van der Waals surface area (Å²) in [6.45, 7) is 0. The van der Waals surface area contributed by atoms with E-state index in [9.17, 15) is 4.79 Å². The predicted octanol–water partition coefficient (Wildman–Crippen LogP) is 1.96. The number of hydrogen-bond acceptors (Lipinski definition) is 3. The molecule has 0 saturated heterocycles. The summed E-state index contributed by atoms with van der Waals surface area (Å²) in [5, 5.41) is 9.42. The van der Waals surface area contributed by atoms with E-state index in [0.717, 1.165) is 0 Å². The number of halogens is 1. The zero-order valence-corrected chi connectivity index (χ0v) is 8.82. The van der Waals surface area contributed by atoms with E-state index in [2.05, 4.69) is 9.97 Å². The zero-order chi connectivity index (χ0) is 11.5. The lowest BCUT2D eigenvalue weighted by Crippen LogP contribution is -2.12. The minimum absolute atomic E-state index is 0.00948. The molecule has 1 aromatic heterocycles. The van der Waals surface area contributed by atoms with E-state index in [1.54, 1.807) is 24.3 Å². The normalized spacial score (nSPS) is 9.75. The lowest BCUT2D eigenvalue weighted by Gasteiger charge is -2.01. The van der Waals surface area contributed by atoms with Crippen LogP contribution in [-0.4, -0.2) is 9.97 Å². The molecule has 0 unspecified atom stereocenters. The van der Waals surface area contributed by atoms with E-state index < -0.39 is 5.56 Å². The molecule has 16 heavy (non-hydrogen) atoms. The van der Waals surface area contributed by atoms with Gasteiger partial charge in [-0.15, -0.1) is 0 Å². The van der Waals surface area contributed by atoms with Crippen LogP contribution in [-0.2, 0) is 0 Å². The highest BCUT2D eigenvalue weighted by Crippen LogP contribution is 2.21. The summed E-state index contributed by atoms with van der Waals surface area (Å²) in [7, 11) is 0. The van der Waals surface area contributed by atoms with Crippen molar-refractivity contribution in [3.63, 3.8) is 0 Å². The summed E-state index contributed by atoms with van der Waals surface area (Å²) < 4.78 is 0. The van der Waals surface area contributed by atoms with Gasteiger partial charge in [0, 0.05) is 10.6 Å². The number of aromatic amines is 1. The van der Waals surface area contributed by atoms with Crippen LogP contribution in [0.5, 0.6) is 0 Å². The largest absolute Gasteiger partial charge is 0.312 e. The predicted molar refractivity (Wildman–Crippen MR) is 60.0 cm³/mol. The van der Waals surface area contributed by atoms with Crippen LogP contribution in [0.3, 0.4) is 0 Å². The number of nitriles is 1. The van der Waals surface area contributed by atoms with Gasteiger partial charge in [0.25, 0.3) is 5.56 Å².